The zero-order valence-corrected chi connectivity index (χ0v) is 16.8. The number of hydrogen-bond acceptors (Lipinski definition) is 5. The molecule has 2 aromatic rings. The standard InChI is InChI=1S/C21H22N2O4S/c1-13-4-5-15(10-14(13)2)22-19(24)12-28-18-11-20(25)23(21(18)26)16-6-8-17(27-3)9-7-16/h4-10,18H,11-12H2,1-3H3,(H,22,24). The average molecular weight is 398 g/mol. The number of thioether (sulfide) groups is 1. The van der Waals surface area contributed by atoms with E-state index in [0.29, 0.717) is 11.4 Å². The second-order valence-corrected chi connectivity index (χ2v) is 7.81. The van der Waals surface area contributed by atoms with Crippen molar-refractivity contribution in [1.29, 1.82) is 0 Å². The first-order valence-electron chi connectivity index (χ1n) is 8.88. The van der Waals surface area contributed by atoms with Crippen LogP contribution < -0.4 is 15.0 Å². The van der Waals surface area contributed by atoms with Gasteiger partial charge >= 0.3 is 0 Å². The Labute approximate surface area is 168 Å². The van der Waals surface area contributed by atoms with Crippen molar-refractivity contribution >= 4 is 40.9 Å². The van der Waals surface area contributed by atoms with Gasteiger partial charge < -0.3 is 10.1 Å². The number of methoxy groups -OCH3 is 1. The number of anilines is 2. The average Bonchev–Trinajstić information content (AvgIpc) is 2.96. The van der Waals surface area contributed by atoms with Gasteiger partial charge in [-0.05, 0) is 61.4 Å². The Balaban J connectivity index is 1.58. The summed E-state index contributed by atoms with van der Waals surface area (Å²) in [6.07, 6.45) is 0.0897. The van der Waals surface area contributed by atoms with Crippen molar-refractivity contribution in [1.82, 2.24) is 0 Å². The lowest BCUT2D eigenvalue weighted by Crippen LogP contribution is -2.31. The number of aryl methyl sites for hydroxylation is 2. The van der Waals surface area contributed by atoms with E-state index in [0.717, 1.165) is 16.8 Å². The second kappa shape index (κ2) is 8.48. The van der Waals surface area contributed by atoms with Gasteiger partial charge in [-0.1, -0.05) is 6.07 Å². The highest BCUT2D eigenvalue weighted by molar-refractivity contribution is 8.01. The van der Waals surface area contributed by atoms with Crippen LogP contribution in [0.15, 0.2) is 42.5 Å². The molecule has 3 amide bonds. The van der Waals surface area contributed by atoms with E-state index in [1.807, 2.05) is 32.0 Å². The summed E-state index contributed by atoms with van der Waals surface area (Å²) in [4.78, 5) is 38.4. The zero-order valence-electron chi connectivity index (χ0n) is 16.0. The summed E-state index contributed by atoms with van der Waals surface area (Å²) in [7, 11) is 1.55. The van der Waals surface area contributed by atoms with Gasteiger partial charge in [0.05, 0.1) is 23.8 Å². The molecule has 1 aliphatic heterocycles. The molecule has 28 heavy (non-hydrogen) atoms. The third-order valence-electron chi connectivity index (χ3n) is 4.64. The summed E-state index contributed by atoms with van der Waals surface area (Å²) in [5.74, 6) is 0.00197. The lowest BCUT2D eigenvalue weighted by Gasteiger charge is -2.15. The molecule has 1 heterocycles. The summed E-state index contributed by atoms with van der Waals surface area (Å²) >= 11 is 1.19. The topological polar surface area (TPSA) is 75.7 Å². The van der Waals surface area contributed by atoms with E-state index in [2.05, 4.69) is 5.32 Å². The minimum atomic E-state index is -0.555. The van der Waals surface area contributed by atoms with Crippen molar-refractivity contribution in [2.45, 2.75) is 25.5 Å². The van der Waals surface area contributed by atoms with E-state index in [1.54, 1.807) is 31.4 Å². The molecule has 6 nitrogen and oxygen atoms in total. The summed E-state index contributed by atoms with van der Waals surface area (Å²) in [5, 5.41) is 2.28. The first-order chi connectivity index (χ1) is 13.4. The monoisotopic (exact) mass is 398 g/mol. The van der Waals surface area contributed by atoms with Gasteiger partial charge in [-0.3, -0.25) is 14.4 Å². The SMILES string of the molecule is COc1ccc(N2C(=O)CC(SCC(=O)Nc3ccc(C)c(C)c3)C2=O)cc1. The number of hydrogen-bond donors (Lipinski definition) is 1. The van der Waals surface area contributed by atoms with E-state index in [1.165, 1.54) is 16.7 Å². The van der Waals surface area contributed by atoms with E-state index in [-0.39, 0.29) is 29.9 Å². The summed E-state index contributed by atoms with van der Waals surface area (Å²) in [6, 6.07) is 12.5. The normalized spacial score (nSPS) is 16.4. The fourth-order valence-corrected chi connectivity index (χ4v) is 3.86. The van der Waals surface area contributed by atoms with Gasteiger partial charge in [0.15, 0.2) is 0 Å². The molecule has 1 saturated heterocycles. The van der Waals surface area contributed by atoms with Crippen LogP contribution in [-0.2, 0) is 14.4 Å². The van der Waals surface area contributed by atoms with Crippen molar-refractivity contribution in [3.63, 3.8) is 0 Å². The van der Waals surface area contributed by atoms with E-state index < -0.39 is 5.25 Å². The molecule has 1 aliphatic rings. The van der Waals surface area contributed by atoms with Crippen molar-refractivity contribution in [2.24, 2.45) is 0 Å². The number of imide groups is 1. The smallest absolute Gasteiger partial charge is 0.247 e. The minimum Gasteiger partial charge on any atom is -0.497 e. The molecule has 1 unspecified atom stereocenters. The van der Waals surface area contributed by atoms with Crippen LogP contribution in [0, 0.1) is 13.8 Å². The Bertz CT molecular complexity index is 911. The van der Waals surface area contributed by atoms with Crippen LogP contribution in [-0.4, -0.2) is 35.8 Å². The molecular weight excluding hydrogens is 376 g/mol. The van der Waals surface area contributed by atoms with Gasteiger partial charge in [0.25, 0.3) is 0 Å². The third-order valence-corrected chi connectivity index (χ3v) is 5.84. The Morgan fingerprint density at radius 1 is 1.14 bits per heavy atom. The molecule has 0 aliphatic carbocycles. The third kappa shape index (κ3) is 4.36. The second-order valence-electron chi connectivity index (χ2n) is 6.62. The van der Waals surface area contributed by atoms with Crippen LogP contribution in [0.25, 0.3) is 0 Å². The molecule has 0 radical (unpaired) electrons. The maximum atomic E-state index is 12.6. The van der Waals surface area contributed by atoms with Crippen LogP contribution in [0.3, 0.4) is 0 Å². The molecule has 2 aromatic carbocycles. The van der Waals surface area contributed by atoms with Crippen molar-refractivity contribution in [3.05, 3.63) is 53.6 Å². The van der Waals surface area contributed by atoms with Gasteiger partial charge in [-0.15, -0.1) is 11.8 Å². The molecule has 1 N–H and O–H groups in total. The molecule has 7 heteroatoms. The number of benzene rings is 2. The number of ether oxygens (including phenoxy) is 1. The molecule has 0 bridgehead atoms. The Kier molecular flexibility index (Phi) is 6.04. The van der Waals surface area contributed by atoms with Crippen LogP contribution >= 0.6 is 11.8 Å². The largest absolute Gasteiger partial charge is 0.497 e. The number of carbonyl (C=O) groups excluding carboxylic acids is 3. The van der Waals surface area contributed by atoms with Crippen LogP contribution in [0.1, 0.15) is 17.5 Å². The number of nitrogens with one attached hydrogen (secondary N) is 1. The summed E-state index contributed by atoms with van der Waals surface area (Å²) < 4.78 is 5.10. The lowest BCUT2D eigenvalue weighted by atomic mass is 10.1. The highest BCUT2D eigenvalue weighted by Crippen LogP contribution is 2.30. The van der Waals surface area contributed by atoms with Gasteiger partial charge in [0, 0.05) is 12.1 Å². The highest BCUT2D eigenvalue weighted by Gasteiger charge is 2.40. The molecule has 0 aromatic heterocycles. The minimum absolute atomic E-state index is 0.0897. The maximum Gasteiger partial charge on any atom is 0.247 e. The summed E-state index contributed by atoms with van der Waals surface area (Å²) in [6.45, 7) is 3.99. The molecule has 3 rings (SSSR count). The predicted octanol–water partition coefficient (Wildman–Crippen LogP) is 3.32. The highest BCUT2D eigenvalue weighted by atomic mass is 32.2. The van der Waals surface area contributed by atoms with Crippen molar-refractivity contribution in [2.75, 3.05) is 23.1 Å². The molecule has 146 valence electrons. The van der Waals surface area contributed by atoms with Gasteiger partial charge in [-0.2, -0.15) is 0 Å². The Morgan fingerprint density at radius 2 is 1.86 bits per heavy atom. The number of rotatable bonds is 6. The fourth-order valence-electron chi connectivity index (χ4n) is 2.93. The lowest BCUT2D eigenvalue weighted by molar-refractivity contribution is -0.121. The van der Waals surface area contributed by atoms with E-state index >= 15 is 0 Å². The quantitative estimate of drug-likeness (QED) is 0.756. The zero-order chi connectivity index (χ0) is 20.3. The molecule has 1 atom stereocenters. The van der Waals surface area contributed by atoms with Crippen molar-refractivity contribution in [3.8, 4) is 5.75 Å². The van der Waals surface area contributed by atoms with E-state index in [9.17, 15) is 14.4 Å². The molecule has 1 fully saturated rings. The summed E-state index contributed by atoms with van der Waals surface area (Å²) in [5.41, 5.74) is 3.49. The van der Waals surface area contributed by atoms with Crippen LogP contribution in [0.2, 0.25) is 0 Å². The van der Waals surface area contributed by atoms with E-state index in [4.69, 9.17) is 4.74 Å². The molecule has 0 saturated carbocycles. The Hall–Kier alpha value is -2.80. The van der Waals surface area contributed by atoms with Crippen LogP contribution in [0.4, 0.5) is 11.4 Å². The molecule has 0 spiro atoms. The van der Waals surface area contributed by atoms with Gasteiger partial charge in [0.2, 0.25) is 17.7 Å². The van der Waals surface area contributed by atoms with Gasteiger partial charge in [-0.25, -0.2) is 4.90 Å². The molecular formula is C21H22N2O4S. The van der Waals surface area contributed by atoms with Crippen LogP contribution in [0.5, 0.6) is 5.75 Å². The fraction of sp³-hybridized carbons (Fsp3) is 0.286. The number of nitrogens with zero attached hydrogens (tertiary/aromatic N) is 1. The first-order valence-corrected chi connectivity index (χ1v) is 9.93. The predicted molar refractivity (Wildman–Crippen MR) is 111 cm³/mol. The number of amides is 3. The Morgan fingerprint density at radius 3 is 2.50 bits per heavy atom. The maximum absolute atomic E-state index is 12.6. The van der Waals surface area contributed by atoms with Crippen molar-refractivity contribution < 1.29 is 19.1 Å². The first kappa shape index (κ1) is 19.9. The number of carbonyl (C=O) groups is 3. The van der Waals surface area contributed by atoms with Gasteiger partial charge in [0.1, 0.15) is 5.75 Å².